The zero-order valence-corrected chi connectivity index (χ0v) is 23.0. The normalized spacial score (nSPS) is 15.4. The Balaban J connectivity index is 1.63. The Labute approximate surface area is 231 Å². The van der Waals surface area contributed by atoms with Gasteiger partial charge in [-0.25, -0.2) is 19.3 Å². The van der Waals surface area contributed by atoms with E-state index in [-0.39, 0.29) is 6.54 Å². The molecule has 0 unspecified atom stereocenters. The van der Waals surface area contributed by atoms with Crippen LogP contribution in [0, 0.1) is 24.7 Å². The first-order valence-corrected chi connectivity index (χ1v) is 13.6. The number of aromatic nitrogens is 6. The summed E-state index contributed by atoms with van der Waals surface area (Å²) >= 11 is 0. The molecule has 6 rings (SSSR count). The van der Waals surface area contributed by atoms with E-state index in [2.05, 4.69) is 33.6 Å². The van der Waals surface area contributed by atoms with Crippen molar-refractivity contribution in [2.75, 3.05) is 18.0 Å². The van der Waals surface area contributed by atoms with E-state index in [1.165, 1.54) is 9.13 Å². The Morgan fingerprint density at radius 1 is 0.975 bits per heavy atom. The molecule has 1 fully saturated rings. The zero-order valence-electron chi connectivity index (χ0n) is 23.0. The summed E-state index contributed by atoms with van der Waals surface area (Å²) in [7, 11) is 0. The minimum atomic E-state index is -0.483. The Kier molecular flexibility index (Phi) is 6.68. The van der Waals surface area contributed by atoms with Crippen LogP contribution in [-0.4, -0.2) is 41.7 Å². The van der Waals surface area contributed by atoms with Gasteiger partial charge in [0.1, 0.15) is 5.82 Å². The van der Waals surface area contributed by atoms with E-state index in [9.17, 15) is 9.59 Å². The molecule has 3 aromatic heterocycles. The van der Waals surface area contributed by atoms with Crippen molar-refractivity contribution in [3.63, 3.8) is 0 Å². The molecule has 1 saturated heterocycles. The maximum absolute atomic E-state index is 14.2. The number of fused-ring (bicyclic) bond motifs is 2. The molecule has 2 aromatic carbocycles. The standard InChI is InChI=1S/C31H31N7O2/c1-4-5-18-36-27-28(34-30(36)35-17-11-12-21(2)19-35)38(23-13-7-6-8-14-23)31(40)37(29(27)39)20-26-32-22(3)24-15-9-10-16-25(24)33-26/h6-10,13-16,21H,11-12,17-20H2,1-3H3/t21-/m1/s1. The van der Waals surface area contributed by atoms with Gasteiger partial charge < -0.3 is 4.90 Å². The first kappa shape index (κ1) is 25.6. The molecular weight excluding hydrogens is 502 g/mol. The minimum Gasteiger partial charge on any atom is -0.342 e. The second-order valence-electron chi connectivity index (χ2n) is 10.4. The van der Waals surface area contributed by atoms with E-state index < -0.39 is 11.2 Å². The predicted octanol–water partition coefficient (Wildman–Crippen LogP) is 3.91. The van der Waals surface area contributed by atoms with Gasteiger partial charge in [-0.2, -0.15) is 4.98 Å². The van der Waals surface area contributed by atoms with Gasteiger partial charge in [-0.3, -0.25) is 13.9 Å². The van der Waals surface area contributed by atoms with Crippen LogP contribution in [0.3, 0.4) is 0 Å². The summed E-state index contributed by atoms with van der Waals surface area (Å²) in [6.45, 7) is 7.81. The van der Waals surface area contributed by atoms with Gasteiger partial charge in [0.05, 0.1) is 24.3 Å². The number of para-hydroxylation sites is 2. The molecular formula is C31H31N7O2. The summed E-state index contributed by atoms with van der Waals surface area (Å²) in [5.74, 6) is 7.64. The van der Waals surface area contributed by atoms with Crippen molar-refractivity contribution in [2.45, 2.75) is 46.7 Å². The molecule has 1 aliphatic rings. The third-order valence-electron chi connectivity index (χ3n) is 7.52. The highest BCUT2D eigenvalue weighted by molar-refractivity contribution is 5.80. The number of imidazole rings is 1. The fourth-order valence-corrected chi connectivity index (χ4v) is 5.60. The molecule has 5 aromatic rings. The average Bonchev–Trinajstić information content (AvgIpc) is 3.34. The van der Waals surface area contributed by atoms with Gasteiger partial charge in [-0.05, 0) is 50.8 Å². The lowest BCUT2D eigenvalue weighted by Gasteiger charge is -2.31. The summed E-state index contributed by atoms with van der Waals surface area (Å²) in [6, 6.07) is 17.0. The first-order valence-electron chi connectivity index (χ1n) is 13.6. The van der Waals surface area contributed by atoms with Crippen molar-refractivity contribution in [1.82, 2.24) is 28.7 Å². The highest BCUT2D eigenvalue weighted by Crippen LogP contribution is 2.26. The fraction of sp³-hybridized carbons (Fsp3) is 0.323. The SMILES string of the molecule is CC#CCn1c(N2CCC[C@@H](C)C2)nc2c1c(=O)n(Cc1nc(C)c3ccccc3n1)c(=O)n2-c1ccccc1. The number of aryl methyl sites for hydroxylation is 1. The maximum Gasteiger partial charge on any atom is 0.337 e. The fourth-order valence-electron chi connectivity index (χ4n) is 5.60. The average molecular weight is 534 g/mol. The third-order valence-corrected chi connectivity index (χ3v) is 7.52. The summed E-state index contributed by atoms with van der Waals surface area (Å²) in [5.41, 5.74) is 1.96. The number of nitrogens with zero attached hydrogens (tertiary/aromatic N) is 7. The van der Waals surface area contributed by atoms with Crippen LogP contribution in [0.2, 0.25) is 0 Å². The highest BCUT2D eigenvalue weighted by atomic mass is 16.2. The van der Waals surface area contributed by atoms with Crippen LogP contribution in [0.15, 0.2) is 64.2 Å². The molecule has 1 atom stereocenters. The quantitative estimate of drug-likeness (QED) is 0.318. The molecule has 202 valence electrons. The number of piperidine rings is 1. The molecule has 0 aliphatic carbocycles. The van der Waals surface area contributed by atoms with E-state index in [4.69, 9.17) is 4.98 Å². The monoisotopic (exact) mass is 533 g/mol. The van der Waals surface area contributed by atoms with Crippen molar-refractivity contribution < 1.29 is 0 Å². The van der Waals surface area contributed by atoms with E-state index in [1.807, 2.05) is 66.1 Å². The second-order valence-corrected chi connectivity index (χ2v) is 10.4. The molecule has 40 heavy (non-hydrogen) atoms. The molecule has 4 heterocycles. The Morgan fingerprint density at radius 3 is 2.52 bits per heavy atom. The van der Waals surface area contributed by atoms with Crippen molar-refractivity contribution in [1.29, 1.82) is 0 Å². The topological polar surface area (TPSA) is 90.8 Å². The zero-order chi connectivity index (χ0) is 27.8. The van der Waals surface area contributed by atoms with E-state index >= 15 is 0 Å². The number of hydrogen-bond acceptors (Lipinski definition) is 6. The van der Waals surface area contributed by atoms with Crippen LogP contribution in [0.1, 0.15) is 38.2 Å². The van der Waals surface area contributed by atoms with Crippen molar-refractivity contribution in [3.05, 3.63) is 87.0 Å². The van der Waals surface area contributed by atoms with E-state index in [0.717, 1.165) is 42.5 Å². The molecule has 0 spiro atoms. The smallest absolute Gasteiger partial charge is 0.337 e. The molecule has 0 radical (unpaired) electrons. The molecule has 0 N–H and O–H groups in total. The van der Waals surface area contributed by atoms with Gasteiger partial charge in [0, 0.05) is 24.2 Å². The summed E-state index contributed by atoms with van der Waals surface area (Å²) < 4.78 is 4.62. The van der Waals surface area contributed by atoms with Crippen LogP contribution in [0.5, 0.6) is 0 Å². The van der Waals surface area contributed by atoms with Gasteiger partial charge in [-0.15, -0.1) is 5.92 Å². The summed E-state index contributed by atoms with van der Waals surface area (Å²) in [5, 5.41) is 0.937. The minimum absolute atomic E-state index is 0.0627. The Bertz CT molecular complexity index is 1910. The van der Waals surface area contributed by atoms with Crippen molar-refractivity contribution in [2.24, 2.45) is 5.92 Å². The molecule has 1 aliphatic heterocycles. The third kappa shape index (κ3) is 4.45. The Hall–Kier alpha value is -4.71. The van der Waals surface area contributed by atoms with Crippen LogP contribution >= 0.6 is 0 Å². The number of anilines is 1. The van der Waals surface area contributed by atoms with E-state index in [1.54, 1.807) is 6.92 Å². The second kappa shape index (κ2) is 10.5. The van der Waals surface area contributed by atoms with Crippen molar-refractivity contribution >= 4 is 28.0 Å². The molecule has 0 bridgehead atoms. The molecule has 0 amide bonds. The molecule has 9 heteroatoms. The van der Waals surface area contributed by atoms with Gasteiger partial charge in [0.2, 0.25) is 5.95 Å². The van der Waals surface area contributed by atoms with Crippen LogP contribution in [-0.2, 0) is 13.1 Å². The predicted molar refractivity (Wildman–Crippen MR) is 157 cm³/mol. The number of rotatable bonds is 5. The summed E-state index contributed by atoms with van der Waals surface area (Å²) in [4.78, 5) is 44.8. The van der Waals surface area contributed by atoms with Gasteiger partial charge in [-0.1, -0.05) is 49.2 Å². The highest BCUT2D eigenvalue weighted by Gasteiger charge is 2.27. The number of hydrogen-bond donors (Lipinski definition) is 0. The molecule has 0 saturated carbocycles. The Morgan fingerprint density at radius 2 is 1.75 bits per heavy atom. The van der Waals surface area contributed by atoms with Gasteiger partial charge in [0.15, 0.2) is 11.2 Å². The lowest BCUT2D eigenvalue weighted by atomic mass is 10.0. The first-order chi connectivity index (χ1) is 19.5. The largest absolute Gasteiger partial charge is 0.342 e. The van der Waals surface area contributed by atoms with Gasteiger partial charge in [0.25, 0.3) is 5.56 Å². The lowest BCUT2D eigenvalue weighted by molar-refractivity contribution is 0.439. The van der Waals surface area contributed by atoms with Gasteiger partial charge >= 0.3 is 5.69 Å². The van der Waals surface area contributed by atoms with Crippen LogP contribution in [0.4, 0.5) is 5.95 Å². The lowest BCUT2D eigenvalue weighted by Crippen LogP contribution is -2.40. The maximum atomic E-state index is 14.2. The summed E-state index contributed by atoms with van der Waals surface area (Å²) in [6.07, 6.45) is 2.19. The van der Waals surface area contributed by atoms with E-state index in [0.29, 0.717) is 41.1 Å². The molecule has 9 nitrogen and oxygen atoms in total. The van der Waals surface area contributed by atoms with Crippen LogP contribution < -0.4 is 16.1 Å². The van der Waals surface area contributed by atoms with Crippen LogP contribution in [0.25, 0.3) is 27.8 Å². The number of benzene rings is 2. The van der Waals surface area contributed by atoms with Crippen molar-refractivity contribution in [3.8, 4) is 17.5 Å².